The number of nitrogens with two attached hydrogens (primary N) is 1. The predicted molar refractivity (Wildman–Crippen MR) is 86.8 cm³/mol. The Balaban J connectivity index is 2.54. The molecule has 2 atom stereocenters. The van der Waals surface area contributed by atoms with E-state index in [2.05, 4.69) is 53.4 Å². The van der Waals surface area contributed by atoms with Crippen LogP contribution < -0.4 is 5.73 Å². The fourth-order valence-electron chi connectivity index (χ4n) is 3.62. The van der Waals surface area contributed by atoms with Crippen LogP contribution in [0.2, 0.25) is 0 Å². The van der Waals surface area contributed by atoms with Crippen molar-refractivity contribution in [1.82, 2.24) is 4.90 Å². The summed E-state index contributed by atoms with van der Waals surface area (Å²) < 4.78 is 0. The van der Waals surface area contributed by atoms with E-state index < -0.39 is 0 Å². The van der Waals surface area contributed by atoms with E-state index in [9.17, 15) is 4.79 Å². The Hall–Kier alpha value is -1.32. The Morgan fingerprint density at radius 3 is 2.19 bits per heavy atom. The summed E-state index contributed by atoms with van der Waals surface area (Å²) in [7, 11) is 0. The summed E-state index contributed by atoms with van der Waals surface area (Å²) >= 11 is 0. The normalized spacial score (nSPS) is 26.8. The molecule has 0 spiro atoms. The zero-order valence-corrected chi connectivity index (χ0v) is 14.4. The number of amides is 1. The van der Waals surface area contributed by atoms with Crippen molar-refractivity contribution >= 4 is 11.7 Å². The Morgan fingerprint density at radius 1 is 1.19 bits per heavy atom. The standard InChI is InChI=1S/C17H29N3O/c1-10-13(16(2,3)4)12-8-11(14(18)21)9-20(12)15(19-10)17(5,6)7/h10-11H,8-9H2,1-7H3,(H2,18,21)/t10-,11+/m0/s1. The number of hydrogen-bond acceptors (Lipinski definition) is 3. The Labute approximate surface area is 128 Å². The lowest BCUT2D eigenvalue weighted by atomic mass is 9.79. The van der Waals surface area contributed by atoms with Crippen molar-refractivity contribution in [3.05, 3.63) is 11.3 Å². The first-order valence-electron chi connectivity index (χ1n) is 7.81. The minimum atomic E-state index is -0.203. The van der Waals surface area contributed by atoms with E-state index in [1.54, 1.807) is 0 Å². The van der Waals surface area contributed by atoms with Crippen LogP contribution in [0.25, 0.3) is 0 Å². The van der Waals surface area contributed by atoms with Gasteiger partial charge in [-0.2, -0.15) is 0 Å². The second kappa shape index (κ2) is 4.85. The van der Waals surface area contributed by atoms with Crippen LogP contribution in [-0.4, -0.2) is 29.2 Å². The van der Waals surface area contributed by atoms with Gasteiger partial charge >= 0.3 is 0 Å². The van der Waals surface area contributed by atoms with Crippen molar-refractivity contribution < 1.29 is 4.79 Å². The average molecular weight is 291 g/mol. The van der Waals surface area contributed by atoms with Crippen LogP contribution in [0.5, 0.6) is 0 Å². The van der Waals surface area contributed by atoms with Crippen molar-refractivity contribution in [3.8, 4) is 0 Å². The zero-order valence-electron chi connectivity index (χ0n) is 14.4. The molecule has 2 rings (SSSR count). The van der Waals surface area contributed by atoms with E-state index in [4.69, 9.17) is 10.7 Å². The molecule has 2 N–H and O–H groups in total. The highest BCUT2D eigenvalue weighted by Crippen LogP contribution is 2.44. The summed E-state index contributed by atoms with van der Waals surface area (Å²) in [6.45, 7) is 16.0. The fraction of sp³-hybridized carbons (Fsp3) is 0.765. The van der Waals surface area contributed by atoms with Crippen LogP contribution in [-0.2, 0) is 4.79 Å². The molecule has 2 aliphatic rings. The molecule has 4 heteroatoms. The van der Waals surface area contributed by atoms with E-state index >= 15 is 0 Å². The number of nitrogens with zero attached hydrogens (tertiary/aromatic N) is 2. The van der Waals surface area contributed by atoms with Gasteiger partial charge in [-0.1, -0.05) is 41.5 Å². The molecule has 2 aliphatic heterocycles. The molecule has 4 nitrogen and oxygen atoms in total. The topological polar surface area (TPSA) is 58.7 Å². The lowest BCUT2D eigenvalue weighted by molar-refractivity contribution is -0.121. The maximum Gasteiger partial charge on any atom is 0.222 e. The number of hydrogen-bond donors (Lipinski definition) is 1. The van der Waals surface area contributed by atoms with Gasteiger partial charge in [0.05, 0.1) is 12.0 Å². The van der Waals surface area contributed by atoms with Crippen LogP contribution in [0.3, 0.4) is 0 Å². The van der Waals surface area contributed by atoms with Gasteiger partial charge in [0.15, 0.2) is 0 Å². The number of amidine groups is 1. The third-order valence-electron chi connectivity index (χ3n) is 4.35. The van der Waals surface area contributed by atoms with Gasteiger partial charge in [-0.3, -0.25) is 9.79 Å². The van der Waals surface area contributed by atoms with Crippen LogP contribution in [0, 0.1) is 16.7 Å². The molecule has 0 bridgehead atoms. The highest BCUT2D eigenvalue weighted by Gasteiger charge is 2.43. The van der Waals surface area contributed by atoms with Crippen LogP contribution in [0.4, 0.5) is 0 Å². The molecule has 2 heterocycles. The Bertz CT molecular complexity index is 517. The molecule has 118 valence electrons. The van der Waals surface area contributed by atoms with Gasteiger partial charge in [-0.15, -0.1) is 0 Å². The van der Waals surface area contributed by atoms with E-state index in [0.717, 1.165) is 12.3 Å². The number of primary amides is 1. The van der Waals surface area contributed by atoms with Crippen molar-refractivity contribution in [2.45, 2.75) is 60.9 Å². The summed E-state index contributed by atoms with van der Waals surface area (Å²) in [6, 6.07) is 0.164. The quantitative estimate of drug-likeness (QED) is 0.807. The second-order valence-corrected chi connectivity index (χ2v) is 8.40. The molecule has 0 radical (unpaired) electrons. The van der Waals surface area contributed by atoms with Crippen LogP contribution in [0.1, 0.15) is 54.9 Å². The first-order valence-corrected chi connectivity index (χ1v) is 7.81. The van der Waals surface area contributed by atoms with Gasteiger partial charge < -0.3 is 10.6 Å². The molecule has 1 saturated heterocycles. The van der Waals surface area contributed by atoms with Gasteiger partial charge in [-0.25, -0.2) is 0 Å². The number of allylic oxidation sites excluding steroid dienone is 1. The first kappa shape index (κ1) is 16.1. The molecule has 0 aliphatic carbocycles. The molecule has 0 aromatic carbocycles. The lowest BCUT2D eigenvalue weighted by Gasteiger charge is -2.41. The summed E-state index contributed by atoms with van der Waals surface area (Å²) in [6.07, 6.45) is 0.751. The minimum Gasteiger partial charge on any atom is -0.369 e. The number of carbonyl (C=O) groups is 1. The van der Waals surface area contributed by atoms with E-state index in [-0.39, 0.29) is 28.7 Å². The highest BCUT2D eigenvalue weighted by atomic mass is 16.1. The Kier molecular flexibility index (Phi) is 3.71. The second-order valence-electron chi connectivity index (χ2n) is 8.40. The predicted octanol–water partition coefficient (Wildman–Crippen LogP) is 2.94. The monoisotopic (exact) mass is 291 g/mol. The maximum atomic E-state index is 11.7. The number of rotatable bonds is 1. The lowest BCUT2D eigenvalue weighted by Crippen LogP contribution is -2.43. The highest BCUT2D eigenvalue weighted by molar-refractivity contribution is 5.92. The third kappa shape index (κ3) is 2.85. The maximum absolute atomic E-state index is 11.7. The van der Waals surface area contributed by atoms with Crippen molar-refractivity contribution in [1.29, 1.82) is 0 Å². The summed E-state index contributed by atoms with van der Waals surface area (Å²) in [5.74, 6) is 0.781. The molecule has 0 aromatic heterocycles. The van der Waals surface area contributed by atoms with Crippen molar-refractivity contribution in [2.75, 3.05) is 6.54 Å². The molecule has 0 unspecified atom stereocenters. The summed E-state index contributed by atoms with van der Waals surface area (Å²) in [5, 5.41) is 0. The number of aliphatic imine (C=N–C) groups is 1. The summed E-state index contributed by atoms with van der Waals surface area (Å²) in [5.41, 5.74) is 8.21. The SMILES string of the molecule is C[C@@H]1N=C(C(C)(C)C)N2C[C@H](C(N)=O)CC2=C1C(C)(C)C. The van der Waals surface area contributed by atoms with Gasteiger partial charge in [0, 0.05) is 24.1 Å². The number of carbonyl (C=O) groups excluding carboxylic acids is 1. The van der Waals surface area contributed by atoms with E-state index in [0.29, 0.717) is 6.54 Å². The van der Waals surface area contributed by atoms with E-state index in [1.165, 1.54) is 11.3 Å². The van der Waals surface area contributed by atoms with Crippen LogP contribution in [0.15, 0.2) is 16.3 Å². The van der Waals surface area contributed by atoms with Crippen LogP contribution >= 0.6 is 0 Å². The minimum absolute atomic E-state index is 0.0323. The average Bonchev–Trinajstić information content (AvgIpc) is 2.68. The van der Waals surface area contributed by atoms with Gasteiger partial charge in [0.2, 0.25) is 5.91 Å². The smallest absolute Gasteiger partial charge is 0.222 e. The zero-order chi connectivity index (χ0) is 16.2. The van der Waals surface area contributed by atoms with Gasteiger partial charge in [-0.05, 0) is 17.9 Å². The van der Waals surface area contributed by atoms with Gasteiger partial charge in [0.1, 0.15) is 5.84 Å². The number of fused-ring (bicyclic) bond motifs is 1. The molecule has 0 aromatic rings. The summed E-state index contributed by atoms with van der Waals surface area (Å²) in [4.78, 5) is 18.9. The molecule has 1 fully saturated rings. The molecular formula is C17H29N3O. The fourth-order valence-corrected chi connectivity index (χ4v) is 3.62. The van der Waals surface area contributed by atoms with Crippen molar-refractivity contribution in [3.63, 3.8) is 0 Å². The molecule has 0 saturated carbocycles. The molecular weight excluding hydrogens is 262 g/mol. The molecule has 21 heavy (non-hydrogen) atoms. The van der Waals surface area contributed by atoms with E-state index in [1.807, 2.05) is 0 Å². The van der Waals surface area contributed by atoms with Crippen molar-refractivity contribution in [2.24, 2.45) is 27.5 Å². The van der Waals surface area contributed by atoms with Gasteiger partial charge in [0.25, 0.3) is 0 Å². The third-order valence-corrected chi connectivity index (χ3v) is 4.35. The largest absolute Gasteiger partial charge is 0.369 e. The first-order chi connectivity index (χ1) is 9.43. The molecule has 1 amide bonds. The Morgan fingerprint density at radius 2 is 1.76 bits per heavy atom.